The molecule has 4 aromatic rings. The molecule has 0 atom stereocenters. The van der Waals surface area contributed by atoms with Gasteiger partial charge in [0.25, 0.3) is 0 Å². The second-order valence-corrected chi connectivity index (χ2v) is 12.4. The molecule has 0 bridgehead atoms. The van der Waals surface area contributed by atoms with Crippen molar-refractivity contribution in [3.8, 4) is 34.0 Å². The molecule has 230 valence electrons. The highest BCUT2D eigenvalue weighted by molar-refractivity contribution is 7.99. The zero-order valence-electron chi connectivity index (χ0n) is 25.2. The van der Waals surface area contributed by atoms with E-state index in [0.717, 1.165) is 60.3 Å². The summed E-state index contributed by atoms with van der Waals surface area (Å²) in [5.74, 6) is 1.39. The molecule has 9 nitrogen and oxygen atoms in total. The molecule has 1 aliphatic rings. The van der Waals surface area contributed by atoms with Crippen molar-refractivity contribution in [1.29, 1.82) is 0 Å². The molecule has 1 N–H and O–H groups in total. The summed E-state index contributed by atoms with van der Waals surface area (Å²) in [7, 11) is 3.25. The molecule has 2 aromatic heterocycles. The summed E-state index contributed by atoms with van der Waals surface area (Å²) >= 11 is 2.87. The third-order valence-corrected chi connectivity index (χ3v) is 9.40. The Morgan fingerprint density at radius 2 is 1.50 bits per heavy atom. The van der Waals surface area contributed by atoms with E-state index in [2.05, 4.69) is 15.5 Å². The SMILES string of the molecule is CCOC(=O)c1c(NC(=O)CCSc2nnc(-c3ccc(OC)cc3)c(-c3ccc(OC)cc3)n2)sc2c1CCCCCC2. The van der Waals surface area contributed by atoms with Crippen LogP contribution in [-0.2, 0) is 22.4 Å². The lowest BCUT2D eigenvalue weighted by molar-refractivity contribution is -0.115. The van der Waals surface area contributed by atoms with Crippen LogP contribution in [0.5, 0.6) is 11.5 Å². The summed E-state index contributed by atoms with van der Waals surface area (Å²) in [5.41, 5.74) is 4.61. The monoisotopic (exact) mass is 632 g/mol. The van der Waals surface area contributed by atoms with E-state index in [0.29, 0.717) is 32.9 Å². The molecule has 0 saturated carbocycles. The first-order chi connectivity index (χ1) is 21.5. The van der Waals surface area contributed by atoms with Gasteiger partial charge in [0, 0.05) is 28.2 Å². The molecule has 2 heterocycles. The van der Waals surface area contributed by atoms with Gasteiger partial charge in [0.05, 0.1) is 26.4 Å². The molecule has 1 amide bonds. The van der Waals surface area contributed by atoms with Crippen molar-refractivity contribution in [3.05, 3.63) is 64.5 Å². The zero-order chi connectivity index (χ0) is 30.9. The number of hydrogen-bond acceptors (Lipinski definition) is 10. The maximum Gasteiger partial charge on any atom is 0.341 e. The zero-order valence-corrected chi connectivity index (χ0v) is 26.8. The van der Waals surface area contributed by atoms with E-state index in [-0.39, 0.29) is 24.9 Å². The highest BCUT2D eigenvalue weighted by Gasteiger charge is 2.26. The van der Waals surface area contributed by atoms with Crippen LogP contribution in [0.1, 0.15) is 59.8 Å². The number of rotatable bonds is 11. The van der Waals surface area contributed by atoms with Crippen molar-refractivity contribution < 1.29 is 23.8 Å². The summed E-state index contributed by atoms with van der Waals surface area (Å²) in [4.78, 5) is 32.0. The number of carbonyl (C=O) groups is 2. The Hall–Kier alpha value is -3.96. The maximum absolute atomic E-state index is 13.1. The number of thiophene rings is 1. The standard InChI is InChI=1S/C33H36N4O5S2/c1-4-42-32(39)28-25-9-7-5-6-8-10-26(25)44-31(28)34-27(38)19-20-43-33-35-29(21-11-15-23(40-2)16-12-21)30(36-37-33)22-13-17-24(41-3)18-14-22/h11-18H,4-10,19-20H2,1-3H3,(H,34,38). The Balaban J connectivity index is 1.31. The van der Waals surface area contributed by atoms with Crippen molar-refractivity contribution in [2.24, 2.45) is 0 Å². The first-order valence-corrected chi connectivity index (χ1v) is 16.6. The molecule has 11 heteroatoms. The predicted molar refractivity (Wildman–Crippen MR) is 174 cm³/mol. The highest BCUT2D eigenvalue weighted by Crippen LogP contribution is 2.38. The molecule has 1 aliphatic carbocycles. The number of aryl methyl sites for hydroxylation is 1. The fourth-order valence-electron chi connectivity index (χ4n) is 5.12. The predicted octanol–water partition coefficient (Wildman–Crippen LogP) is 7.24. The summed E-state index contributed by atoms with van der Waals surface area (Å²) in [6.07, 6.45) is 6.42. The molecule has 5 rings (SSSR count). The Labute approximate surface area is 265 Å². The van der Waals surface area contributed by atoms with Gasteiger partial charge in [-0.15, -0.1) is 21.5 Å². The number of esters is 1. The quantitative estimate of drug-likeness (QED) is 0.135. The van der Waals surface area contributed by atoms with Gasteiger partial charge in [0.1, 0.15) is 27.9 Å². The van der Waals surface area contributed by atoms with Gasteiger partial charge in [-0.2, -0.15) is 0 Å². The lowest BCUT2D eigenvalue weighted by atomic mass is 9.96. The number of carbonyl (C=O) groups excluding carboxylic acids is 2. The van der Waals surface area contributed by atoms with E-state index in [1.807, 2.05) is 48.5 Å². The number of amides is 1. The van der Waals surface area contributed by atoms with Crippen LogP contribution in [-0.4, -0.2) is 53.6 Å². The van der Waals surface area contributed by atoms with Gasteiger partial charge < -0.3 is 19.5 Å². The lowest BCUT2D eigenvalue weighted by Crippen LogP contribution is -2.16. The third-order valence-electron chi connectivity index (χ3n) is 7.36. The van der Waals surface area contributed by atoms with Crippen LogP contribution in [0.2, 0.25) is 0 Å². The highest BCUT2D eigenvalue weighted by atomic mass is 32.2. The fourth-order valence-corrected chi connectivity index (χ4v) is 7.13. The van der Waals surface area contributed by atoms with Gasteiger partial charge in [0.2, 0.25) is 11.1 Å². The third kappa shape index (κ3) is 7.57. The van der Waals surface area contributed by atoms with Crippen LogP contribution in [0.3, 0.4) is 0 Å². The summed E-state index contributed by atoms with van der Waals surface area (Å²) in [6, 6.07) is 15.2. The molecule has 0 aliphatic heterocycles. The van der Waals surface area contributed by atoms with Crippen molar-refractivity contribution in [2.45, 2.75) is 57.0 Å². The number of nitrogens with one attached hydrogen (secondary N) is 1. The van der Waals surface area contributed by atoms with Gasteiger partial charge in [-0.05, 0) is 86.7 Å². The Bertz CT molecular complexity index is 1590. The lowest BCUT2D eigenvalue weighted by Gasteiger charge is -2.11. The first kappa shape index (κ1) is 31.5. The average Bonchev–Trinajstić information content (AvgIpc) is 3.36. The second-order valence-electron chi connectivity index (χ2n) is 10.2. The van der Waals surface area contributed by atoms with Crippen LogP contribution in [0, 0.1) is 0 Å². The molecule has 0 unspecified atom stereocenters. The summed E-state index contributed by atoms with van der Waals surface area (Å²) < 4.78 is 16.0. The van der Waals surface area contributed by atoms with Gasteiger partial charge in [-0.1, -0.05) is 24.6 Å². The Morgan fingerprint density at radius 3 is 2.14 bits per heavy atom. The van der Waals surface area contributed by atoms with Gasteiger partial charge >= 0.3 is 5.97 Å². The number of methoxy groups -OCH3 is 2. The van der Waals surface area contributed by atoms with Crippen LogP contribution in [0.15, 0.2) is 53.7 Å². The molecule has 0 saturated heterocycles. The minimum absolute atomic E-state index is 0.171. The van der Waals surface area contributed by atoms with Crippen LogP contribution in [0.4, 0.5) is 5.00 Å². The molecule has 44 heavy (non-hydrogen) atoms. The first-order valence-electron chi connectivity index (χ1n) is 14.8. The second kappa shape index (κ2) is 15.2. The summed E-state index contributed by atoms with van der Waals surface area (Å²) in [5, 5.41) is 13.0. The van der Waals surface area contributed by atoms with E-state index in [1.165, 1.54) is 34.4 Å². The van der Waals surface area contributed by atoms with Gasteiger partial charge in [-0.25, -0.2) is 9.78 Å². The largest absolute Gasteiger partial charge is 0.497 e. The number of ether oxygens (including phenoxy) is 3. The van der Waals surface area contributed by atoms with E-state index >= 15 is 0 Å². The van der Waals surface area contributed by atoms with Gasteiger partial charge in [-0.3, -0.25) is 4.79 Å². The molecular weight excluding hydrogens is 597 g/mol. The summed E-state index contributed by atoms with van der Waals surface area (Å²) in [6.45, 7) is 2.08. The number of aromatic nitrogens is 3. The minimum Gasteiger partial charge on any atom is -0.497 e. The number of thioether (sulfide) groups is 1. The van der Waals surface area contributed by atoms with Crippen LogP contribution < -0.4 is 14.8 Å². The van der Waals surface area contributed by atoms with Crippen LogP contribution in [0.25, 0.3) is 22.5 Å². The van der Waals surface area contributed by atoms with Crippen LogP contribution >= 0.6 is 23.1 Å². The Morgan fingerprint density at radius 1 is 0.864 bits per heavy atom. The molecule has 0 spiro atoms. The maximum atomic E-state index is 13.1. The van der Waals surface area contributed by atoms with Crippen molar-refractivity contribution in [3.63, 3.8) is 0 Å². The van der Waals surface area contributed by atoms with E-state index in [9.17, 15) is 9.59 Å². The number of fused-ring (bicyclic) bond motifs is 1. The minimum atomic E-state index is -0.363. The van der Waals surface area contributed by atoms with E-state index in [4.69, 9.17) is 19.2 Å². The number of anilines is 1. The number of benzene rings is 2. The molecule has 0 radical (unpaired) electrons. The smallest absolute Gasteiger partial charge is 0.341 e. The van der Waals surface area contributed by atoms with Crippen molar-refractivity contribution in [2.75, 3.05) is 31.9 Å². The molecule has 2 aromatic carbocycles. The number of hydrogen-bond donors (Lipinski definition) is 1. The Kier molecular flexibility index (Phi) is 10.8. The topological polar surface area (TPSA) is 113 Å². The fraction of sp³-hybridized carbons (Fsp3) is 0.364. The van der Waals surface area contributed by atoms with Crippen molar-refractivity contribution in [1.82, 2.24) is 15.2 Å². The number of nitrogens with zero attached hydrogens (tertiary/aromatic N) is 3. The molecule has 0 fully saturated rings. The average molecular weight is 633 g/mol. The van der Waals surface area contributed by atoms with E-state index in [1.54, 1.807) is 21.1 Å². The van der Waals surface area contributed by atoms with Crippen molar-refractivity contribution >= 4 is 40.0 Å². The molecular formula is C33H36N4O5S2. The van der Waals surface area contributed by atoms with E-state index < -0.39 is 0 Å². The normalized spacial score (nSPS) is 12.9. The van der Waals surface area contributed by atoms with Gasteiger partial charge in [0.15, 0.2) is 0 Å².